The number of hydrogen-bond acceptors (Lipinski definition) is 5. The molecule has 8 heteroatoms. The normalized spacial score (nSPS) is 10.7. The fourth-order valence-corrected chi connectivity index (χ4v) is 2.97. The van der Waals surface area contributed by atoms with Crippen molar-refractivity contribution in [2.45, 2.75) is 5.16 Å². The molecule has 0 radical (unpaired) electrons. The molecule has 116 valence electrons. The van der Waals surface area contributed by atoms with Crippen LogP contribution in [0.25, 0.3) is 17.1 Å². The van der Waals surface area contributed by atoms with Gasteiger partial charge >= 0.3 is 0 Å². The van der Waals surface area contributed by atoms with Gasteiger partial charge in [0.25, 0.3) is 0 Å². The summed E-state index contributed by atoms with van der Waals surface area (Å²) in [7, 11) is 0. The van der Waals surface area contributed by atoms with Crippen LogP contribution < -0.4 is 5.73 Å². The van der Waals surface area contributed by atoms with E-state index in [-0.39, 0.29) is 5.75 Å². The molecule has 3 aromatic rings. The Morgan fingerprint density at radius 1 is 1.13 bits per heavy atom. The maximum atomic E-state index is 11.1. The largest absolute Gasteiger partial charge is 0.369 e. The van der Waals surface area contributed by atoms with Crippen molar-refractivity contribution in [3.63, 3.8) is 0 Å². The minimum atomic E-state index is -0.397. The summed E-state index contributed by atoms with van der Waals surface area (Å²) in [6.45, 7) is 0. The molecule has 3 rings (SSSR count). The van der Waals surface area contributed by atoms with Gasteiger partial charge in [0, 0.05) is 28.1 Å². The fourth-order valence-electron chi connectivity index (χ4n) is 2.01. The second-order valence-corrected chi connectivity index (χ2v) is 6.47. The van der Waals surface area contributed by atoms with Crippen molar-refractivity contribution in [2.75, 3.05) is 5.75 Å². The first-order valence-corrected chi connectivity index (χ1v) is 8.46. The number of aromatic nitrogens is 4. The molecule has 2 aromatic heterocycles. The van der Waals surface area contributed by atoms with Crippen LogP contribution in [0.15, 0.2) is 58.4 Å². The number of thioether (sulfide) groups is 1. The van der Waals surface area contributed by atoms with Crippen LogP contribution in [0.4, 0.5) is 0 Å². The molecule has 0 saturated carbocycles. The molecule has 0 atom stereocenters. The van der Waals surface area contributed by atoms with Gasteiger partial charge in [-0.2, -0.15) is 0 Å². The Morgan fingerprint density at radius 2 is 1.83 bits per heavy atom. The monoisotopic (exact) mass is 389 g/mol. The quantitative estimate of drug-likeness (QED) is 0.677. The van der Waals surface area contributed by atoms with Gasteiger partial charge in [0.05, 0.1) is 5.75 Å². The number of primary amides is 1. The summed E-state index contributed by atoms with van der Waals surface area (Å²) >= 11 is 4.68. The van der Waals surface area contributed by atoms with E-state index in [1.54, 1.807) is 12.4 Å². The average Bonchev–Trinajstić information content (AvgIpc) is 2.98. The number of rotatable bonds is 5. The molecule has 0 unspecified atom stereocenters. The lowest BCUT2D eigenvalue weighted by Gasteiger charge is -2.10. The van der Waals surface area contributed by atoms with Crippen LogP contribution in [0.1, 0.15) is 0 Å². The van der Waals surface area contributed by atoms with Crippen LogP contribution in [-0.2, 0) is 4.79 Å². The maximum Gasteiger partial charge on any atom is 0.227 e. The van der Waals surface area contributed by atoms with Crippen LogP contribution in [-0.4, -0.2) is 31.4 Å². The van der Waals surface area contributed by atoms with Crippen LogP contribution in [0, 0.1) is 0 Å². The number of benzene rings is 1. The Balaban J connectivity index is 2.10. The Bertz CT molecular complexity index is 820. The van der Waals surface area contributed by atoms with Crippen LogP contribution in [0.2, 0.25) is 0 Å². The Kier molecular flexibility index (Phi) is 4.73. The van der Waals surface area contributed by atoms with E-state index in [2.05, 4.69) is 31.1 Å². The van der Waals surface area contributed by atoms with Gasteiger partial charge in [0.1, 0.15) is 0 Å². The van der Waals surface area contributed by atoms with Crippen LogP contribution in [0.5, 0.6) is 0 Å². The summed E-state index contributed by atoms with van der Waals surface area (Å²) in [5.74, 6) is 0.429. The second kappa shape index (κ2) is 6.93. The lowest BCUT2D eigenvalue weighted by molar-refractivity contribution is -0.115. The van der Waals surface area contributed by atoms with E-state index >= 15 is 0 Å². The number of nitrogens with zero attached hydrogens (tertiary/aromatic N) is 4. The third kappa shape index (κ3) is 3.59. The number of amides is 1. The first-order chi connectivity index (χ1) is 11.1. The Labute approximate surface area is 145 Å². The highest BCUT2D eigenvalue weighted by Gasteiger charge is 2.16. The van der Waals surface area contributed by atoms with Gasteiger partial charge in [-0.25, -0.2) is 0 Å². The van der Waals surface area contributed by atoms with E-state index in [4.69, 9.17) is 5.73 Å². The molecule has 0 aliphatic rings. The molecule has 1 aromatic carbocycles. The summed E-state index contributed by atoms with van der Waals surface area (Å²) in [5.41, 5.74) is 7.03. The van der Waals surface area contributed by atoms with Crippen LogP contribution in [0.3, 0.4) is 0 Å². The zero-order valence-electron chi connectivity index (χ0n) is 11.9. The maximum absolute atomic E-state index is 11.1. The van der Waals surface area contributed by atoms with Crippen molar-refractivity contribution in [1.29, 1.82) is 0 Å². The molecule has 0 aliphatic heterocycles. The highest BCUT2D eigenvalue weighted by molar-refractivity contribution is 9.10. The van der Waals surface area contributed by atoms with E-state index in [1.165, 1.54) is 11.8 Å². The molecule has 23 heavy (non-hydrogen) atoms. The molecule has 2 N–H and O–H groups in total. The van der Waals surface area contributed by atoms with E-state index in [0.717, 1.165) is 15.7 Å². The molecular formula is C15H12BrN5OS. The highest BCUT2D eigenvalue weighted by Crippen LogP contribution is 2.28. The molecule has 0 bridgehead atoms. The lowest BCUT2D eigenvalue weighted by atomic mass is 10.2. The first kappa shape index (κ1) is 15.7. The molecule has 6 nitrogen and oxygen atoms in total. The fraction of sp³-hybridized carbons (Fsp3) is 0.0667. The van der Waals surface area contributed by atoms with Gasteiger partial charge in [0.15, 0.2) is 11.0 Å². The average molecular weight is 390 g/mol. The van der Waals surface area contributed by atoms with E-state index in [1.807, 2.05) is 41.0 Å². The first-order valence-electron chi connectivity index (χ1n) is 6.68. The standard InChI is InChI=1S/C15H12BrN5OS/c16-11-1-3-12(4-2-11)21-14(10-5-7-18-8-6-10)19-20-15(21)23-9-13(17)22/h1-8H,9H2,(H2,17,22). The third-order valence-electron chi connectivity index (χ3n) is 3.00. The van der Waals surface area contributed by atoms with E-state index in [9.17, 15) is 4.79 Å². The van der Waals surface area contributed by atoms with Crippen molar-refractivity contribution >= 4 is 33.6 Å². The summed E-state index contributed by atoms with van der Waals surface area (Å²) in [5, 5.41) is 9.07. The summed E-state index contributed by atoms with van der Waals surface area (Å²) < 4.78 is 2.88. The Morgan fingerprint density at radius 3 is 2.48 bits per heavy atom. The zero-order chi connectivity index (χ0) is 16.2. The molecule has 0 aliphatic carbocycles. The number of carbonyl (C=O) groups is 1. The molecule has 1 amide bonds. The summed E-state index contributed by atoms with van der Waals surface area (Å²) in [6.07, 6.45) is 3.40. The molecular weight excluding hydrogens is 378 g/mol. The molecule has 0 saturated heterocycles. The minimum absolute atomic E-state index is 0.144. The number of carbonyl (C=O) groups excluding carboxylic acids is 1. The van der Waals surface area contributed by atoms with Crippen LogP contribution >= 0.6 is 27.7 Å². The zero-order valence-corrected chi connectivity index (χ0v) is 14.3. The van der Waals surface area contributed by atoms with Gasteiger partial charge < -0.3 is 5.73 Å². The number of pyridine rings is 1. The van der Waals surface area contributed by atoms with Gasteiger partial charge in [0.2, 0.25) is 5.91 Å². The SMILES string of the molecule is NC(=O)CSc1nnc(-c2ccncc2)n1-c1ccc(Br)cc1. The summed E-state index contributed by atoms with van der Waals surface area (Å²) in [4.78, 5) is 15.1. The van der Waals surface area contributed by atoms with Crippen molar-refractivity contribution < 1.29 is 4.79 Å². The van der Waals surface area contributed by atoms with E-state index in [0.29, 0.717) is 11.0 Å². The molecule has 0 fully saturated rings. The van der Waals surface area contributed by atoms with Crippen molar-refractivity contribution in [3.05, 3.63) is 53.3 Å². The number of halogens is 1. The highest BCUT2D eigenvalue weighted by atomic mass is 79.9. The van der Waals surface area contributed by atoms with Gasteiger partial charge in [-0.1, -0.05) is 27.7 Å². The van der Waals surface area contributed by atoms with Gasteiger partial charge in [-0.3, -0.25) is 14.3 Å². The number of hydrogen-bond donors (Lipinski definition) is 1. The molecule has 2 heterocycles. The van der Waals surface area contributed by atoms with Gasteiger partial charge in [-0.05, 0) is 36.4 Å². The molecule has 0 spiro atoms. The van der Waals surface area contributed by atoms with Gasteiger partial charge in [-0.15, -0.1) is 10.2 Å². The summed E-state index contributed by atoms with van der Waals surface area (Å²) in [6, 6.07) is 11.5. The van der Waals surface area contributed by atoms with Crippen molar-refractivity contribution in [1.82, 2.24) is 19.7 Å². The lowest BCUT2D eigenvalue weighted by Crippen LogP contribution is -2.13. The number of nitrogens with two attached hydrogens (primary N) is 1. The van der Waals surface area contributed by atoms with Crippen molar-refractivity contribution in [2.24, 2.45) is 5.73 Å². The third-order valence-corrected chi connectivity index (χ3v) is 4.48. The second-order valence-electron chi connectivity index (χ2n) is 4.61. The minimum Gasteiger partial charge on any atom is -0.369 e. The Hall–Kier alpha value is -2.19. The smallest absolute Gasteiger partial charge is 0.227 e. The van der Waals surface area contributed by atoms with Crippen molar-refractivity contribution in [3.8, 4) is 17.1 Å². The topological polar surface area (TPSA) is 86.7 Å². The predicted octanol–water partition coefficient (Wildman–Crippen LogP) is 2.67. The van der Waals surface area contributed by atoms with E-state index < -0.39 is 5.91 Å². The predicted molar refractivity (Wildman–Crippen MR) is 92.2 cm³/mol.